The van der Waals surface area contributed by atoms with Gasteiger partial charge in [-0.05, 0) is 33.4 Å². The van der Waals surface area contributed by atoms with Gasteiger partial charge in [0.15, 0.2) is 0 Å². The van der Waals surface area contributed by atoms with Crippen LogP contribution < -0.4 is 11.1 Å². The molecular weight excluding hydrogens is 150 g/mol. The summed E-state index contributed by atoms with van der Waals surface area (Å²) >= 11 is 0. The maximum atomic E-state index is 5.47. The Morgan fingerprint density at radius 2 is 1.92 bits per heavy atom. The minimum absolute atomic E-state index is 0.631. The fourth-order valence-corrected chi connectivity index (χ4v) is 1.94. The number of hydrogen-bond acceptors (Lipinski definition) is 3. The molecule has 0 aromatic heterocycles. The summed E-state index contributed by atoms with van der Waals surface area (Å²) in [4.78, 5) is 2.50. The van der Waals surface area contributed by atoms with Crippen molar-refractivity contribution in [2.45, 2.75) is 32.4 Å². The lowest BCUT2D eigenvalue weighted by atomic mass is 10.1. The molecule has 1 aliphatic heterocycles. The van der Waals surface area contributed by atoms with Crippen LogP contribution in [0.1, 0.15) is 20.3 Å². The average molecular weight is 171 g/mol. The minimum atomic E-state index is 0.631. The van der Waals surface area contributed by atoms with Crippen molar-refractivity contribution < 1.29 is 0 Å². The van der Waals surface area contributed by atoms with E-state index in [9.17, 15) is 0 Å². The molecule has 0 unspecified atom stereocenters. The number of hydrogen-bond donors (Lipinski definition) is 2. The van der Waals surface area contributed by atoms with Crippen LogP contribution in [0.3, 0.4) is 0 Å². The first-order valence-corrected chi connectivity index (χ1v) is 4.91. The van der Waals surface area contributed by atoms with Crippen LogP contribution in [0.4, 0.5) is 0 Å². The minimum Gasteiger partial charge on any atom is -0.330 e. The molecule has 0 amide bonds. The van der Waals surface area contributed by atoms with Crippen molar-refractivity contribution in [3.05, 3.63) is 0 Å². The zero-order chi connectivity index (χ0) is 8.97. The highest BCUT2D eigenvalue weighted by Gasteiger charge is 2.19. The SMILES string of the molecule is C[C@@H]1CN(CCCN)C[C@H](C)N1. The third-order valence-corrected chi connectivity index (χ3v) is 2.31. The number of piperazine rings is 1. The molecule has 1 saturated heterocycles. The van der Waals surface area contributed by atoms with E-state index in [1.54, 1.807) is 0 Å². The van der Waals surface area contributed by atoms with Gasteiger partial charge in [0.2, 0.25) is 0 Å². The molecule has 0 aliphatic carbocycles. The first-order chi connectivity index (χ1) is 5.72. The van der Waals surface area contributed by atoms with Crippen LogP contribution in [-0.2, 0) is 0 Å². The van der Waals surface area contributed by atoms with Gasteiger partial charge in [0.1, 0.15) is 0 Å². The number of nitrogens with one attached hydrogen (secondary N) is 1. The molecule has 0 radical (unpaired) electrons. The summed E-state index contributed by atoms with van der Waals surface area (Å²) in [7, 11) is 0. The van der Waals surface area contributed by atoms with Crippen molar-refractivity contribution in [3.8, 4) is 0 Å². The zero-order valence-corrected chi connectivity index (χ0v) is 8.21. The summed E-state index contributed by atoms with van der Waals surface area (Å²) in [5.41, 5.74) is 5.47. The molecule has 1 rings (SSSR count). The molecule has 3 nitrogen and oxygen atoms in total. The molecule has 72 valence electrons. The number of nitrogens with zero attached hydrogens (tertiary/aromatic N) is 1. The number of nitrogens with two attached hydrogens (primary N) is 1. The van der Waals surface area contributed by atoms with Crippen LogP contribution in [0.15, 0.2) is 0 Å². The molecular formula is C9H21N3. The van der Waals surface area contributed by atoms with Gasteiger partial charge in [-0.25, -0.2) is 0 Å². The molecule has 0 aromatic rings. The number of rotatable bonds is 3. The molecule has 12 heavy (non-hydrogen) atoms. The standard InChI is InChI=1S/C9H21N3/c1-8-6-12(5-3-4-10)7-9(2)11-8/h8-9,11H,3-7,10H2,1-2H3/t8-,9+. The van der Waals surface area contributed by atoms with Gasteiger partial charge in [0, 0.05) is 25.2 Å². The van der Waals surface area contributed by atoms with Gasteiger partial charge in [-0.1, -0.05) is 0 Å². The quantitative estimate of drug-likeness (QED) is 0.629. The van der Waals surface area contributed by atoms with E-state index in [0.717, 1.165) is 19.5 Å². The van der Waals surface area contributed by atoms with E-state index >= 15 is 0 Å². The van der Waals surface area contributed by atoms with Crippen LogP contribution in [-0.4, -0.2) is 43.2 Å². The second kappa shape index (κ2) is 4.80. The first-order valence-electron chi connectivity index (χ1n) is 4.91. The Bertz CT molecular complexity index is 117. The van der Waals surface area contributed by atoms with Crippen LogP contribution in [0.5, 0.6) is 0 Å². The van der Waals surface area contributed by atoms with Crippen LogP contribution in [0.25, 0.3) is 0 Å². The Morgan fingerprint density at radius 1 is 1.33 bits per heavy atom. The van der Waals surface area contributed by atoms with Crippen molar-refractivity contribution >= 4 is 0 Å². The first kappa shape index (κ1) is 9.96. The molecule has 0 spiro atoms. The van der Waals surface area contributed by atoms with Crippen molar-refractivity contribution in [1.82, 2.24) is 10.2 Å². The highest BCUT2D eigenvalue weighted by Crippen LogP contribution is 2.03. The summed E-state index contributed by atoms with van der Waals surface area (Å²) in [6, 6.07) is 1.26. The van der Waals surface area contributed by atoms with Gasteiger partial charge < -0.3 is 16.0 Å². The van der Waals surface area contributed by atoms with E-state index in [1.807, 2.05) is 0 Å². The lowest BCUT2D eigenvalue weighted by Crippen LogP contribution is -2.54. The summed E-state index contributed by atoms with van der Waals surface area (Å²) in [6.45, 7) is 8.80. The highest BCUT2D eigenvalue weighted by molar-refractivity contribution is 4.80. The second-order valence-electron chi connectivity index (χ2n) is 3.87. The fraction of sp³-hybridized carbons (Fsp3) is 1.00. The molecule has 0 bridgehead atoms. The Labute approximate surface area is 75.3 Å². The summed E-state index contributed by atoms with van der Waals surface area (Å²) in [6.07, 6.45) is 1.12. The molecule has 0 aromatic carbocycles. The fourth-order valence-electron chi connectivity index (χ4n) is 1.94. The summed E-state index contributed by atoms with van der Waals surface area (Å²) in [5.74, 6) is 0. The van der Waals surface area contributed by atoms with E-state index in [-0.39, 0.29) is 0 Å². The van der Waals surface area contributed by atoms with Crippen LogP contribution in [0, 0.1) is 0 Å². The van der Waals surface area contributed by atoms with Crippen LogP contribution >= 0.6 is 0 Å². The van der Waals surface area contributed by atoms with Gasteiger partial charge in [-0.3, -0.25) is 0 Å². The molecule has 1 aliphatic rings. The third-order valence-electron chi connectivity index (χ3n) is 2.31. The van der Waals surface area contributed by atoms with E-state index < -0.39 is 0 Å². The van der Waals surface area contributed by atoms with Gasteiger partial charge in [0.25, 0.3) is 0 Å². The average Bonchev–Trinajstić information content (AvgIpc) is 1.99. The second-order valence-corrected chi connectivity index (χ2v) is 3.87. The topological polar surface area (TPSA) is 41.3 Å². The van der Waals surface area contributed by atoms with Gasteiger partial charge in [-0.2, -0.15) is 0 Å². The largest absolute Gasteiger partial charge is 0.330 e. The molecule has 1 heterocycles. The van der Waals surface area contributed by atoms with E-state index in [1.165, 1.54) is 13.1 Å². The van der Waals surface area contributed by atoms with Crippen LogP contribution in [0.2, 0.25) is 0 Å². The maximum absolute atomic E-state index is 5.47. The van der Waals surface area contributed by atoms with Gasteiger partial charge in [0.05, 0.1) is 0 Å². The Kier molecular flexibility index (Phi) is 3.98. The van der Waals surface area contributed by atoms with E-state index in [4.69, 9.17) is 5.73 Å². The summed E-state index contributed by atoms with van der Waals surface area (Å²) < 4.78 is 0. The van der Waals surface area contributed by atoms with Crippen molar-refractivity contribution in [1.29, 1.82) is 0 Å². The molecule has 3 heteroatoms. The van der Waals surface area contributed by atoms with E-state index in [0.29, 0.717) is 12.1 Å². The lowest BCUT2D eigenvalue weighted by Gasteiger charge is -2.36. The van der Waals surface area contributed by atoms with Gasteiger partial charge in [-0.15, -0.1) is 0 Å². The predicted molar refractivity (Wildman–Crippen MR) is 52.2 cm³/mol. The zero-order valence-electron chi connectivity index (χ0n) is 8.21. The Hall–Kier alpha value is -0.120. The van der Waals surface area contributed by atoms with Crippen molar-refractivity contribution in [3.63, 3.8) is 0 Å². The highest BCUT2D eigenvalue weighted by atomic mass is 15.2. The smallest absolute Gasteiger partial charge is 0.0169 e. The normalized spacial score (nSPS) is 32.2. The summed E-state index contributed by atoms with van der Waals surface area (Å²) in [5, 5.41) is 3.51. The molecule has 2 atom stereocenters. The predicted octanol–water partition coefficient (Wildman–Crippen LogP) is 0.0174. The Morgan fingerprint density at radius 3 is 2.42 bits per heavy atom. The molecule has 3 N–H and O–H groups in total. The molecule has 0 saturated carbocycles. The monoisotopic (exact) mass is 171 g/mol. The van der Waals surface area contributed by atoms with E-state index in [2.05, 4.69) is 24.1 Å². The van der Waals surface area contributed by atoms with Gasteiger partial charge >= 0.3 is 0 Å². The maximum Gasteiger partial charge on any atom is 0.0169 e. The third kappa shape index (κ3) is 3.09. The van der Waals surface area contributed by atoms with Crippen molar-refractivity contribution in [2.75, 3.05) is 26.2 Å². The molecule has 1 fully saturated rings. The van der Waals surface area contributed by atoms with Crippen molar-refractivity contribution in [2.24, 2.45) is 5.73 Å². The Balaban J connectivity index is 2.24. The lowest BCUT2D eigenvalue weighted by molar-refractivity contribution is 0.173.